The van der Waals surface area contributed by atoms with E-state index in [4.69, 9.17) is 0 Å². The summed E-state index contributed by atoms with van der Waals surface area (Å²) in [6.07, 6.45) is 0. The van der Waals surface area contributed by atoms with E-state index in [1.165, 1.54) is 14.2 Å². The van der Waals surface area contributed by atoms with Gasteiger partial charge in [-0.25, -0.2) is 9.45 Å². The third kappa shape index (κ3) is 1.88. The lowest BCUT2D eigenvalue weighted by molar-refractivity contribution is -0.169. The molecule has 0 aromatic rings. The normalized spacial score (nSPS) is 8.88. The van der Waals surface area contributed by atoms with Crippen molar-refractivity contribution in [3.8, 4) is 0 Å². The monoisotopic (exact) mass is 121 g/mol. The van der Waals surface area contributed by atoms with Crippen LogP contribution in [0, 0.1) is 0 Å². The molecule has 0 aliphatic heterocycles. The number of nitrogens with zero attached hydrogens (tertiary/aromatic N) is 1. The number of rotatable bonds is 2. The lowest BCUT2D eigenvalue weighted by Crippen LogP contribution is -2.26. The van der Waals surface area contributed by atoms with E-state index < -0.39 is 12.6 Å². The van der Waals surface area contributed by atoms with Gasteiger partial charge in [-0.05, 0) is 0 Å². The lowest BCUT2D eigenvalue weighted by Gasteiger charge is -2.09. The maximum absolute atomic E-state index is 11.4. The zero-order chi connectivity index (χ0) is 6.57. The summed E-state index contributed by atoms with van der Waals surface area (Å²) in [5.41, 5.74) is 0. The maximum atomic E-state index is 11.4. The van der Waals surface area contributed by atoms with Crippen LogP contribution in [0.25, 0.3) is 0 Å². The van der Waals surface area contributed by atoms with Gasteiger partial charge in [0, 0.05) is 7.05 Å². The van der Waals surface area contributed by atoms with Gasteiger partial charge in [0.15, 0.2) is 6.67 Å². The molecule has 0 spiro atoms. The summed E-state index contributed by atoms with van der Waals surface area (Å²) in [5, 5.41) is 0.833. The Morgan fingerprint density at radius 3 is 2.50 bits per heavy atom. The van der Waals surface area contributed by atoms with Crippen molar-refractivity contribution in [1.82, 2.24) is 5.06 Å². The number of carbonyl (C=O) groups is 1. The molecule has 0 radical (unpaired) electrons. The predicted octanol–water partition coefficient (Wildman–Crippen LogP) is -0.0243. The second-order valence-electron chi connectivity index (χ2n) is 1.21. The molecule has 4 heteroatoms. The van der Waals surface area contributed by atoms with Crippen molar-refractivity contribution in [2.24, 2.45) is 0 Å². The van der Waals surface area contributed by atoms with E-state index in [9.17, 15) is 9.18 Å². The zero-order valence-corrected chi connectivity index (χ0v) is 4.85. The minimum absolute atomic E-state index is 0.674. The van der Waals surface area contributed by atoms with Crippen LogP contribution in [0.5, 0.6) is 0 Å². The van der Waals surface area contributed by atoms with E-state index in [1.54, 1.807) is 0 Å². The van der Waals surface area contributed by atoms with Crippen molar-refractivity contribution in [3.63, 3.8) is 0 Å². The van der Waals surface area contributed by atoms with Gasteiger partial charge in [-0.15, -0.1) is 0 Å². The largest absolute Gasteiger partial charge is 0.277 e. The van der Waals surface area contributed by atoms with Crippen molar-refractivity contribution < 1.29 is 14.0 Å². The number of carbonyl (C=O) groups excluding carboxylic acids is 1. The first-order chi connectivity index (χ1) is 3.72. The van der Waals surface area contributed by atoms with Gasteiger partial charge in [-0.3, -0.25) is 9.63 Å². The molecule has 0 aromatic carbocycles. The van der Waals surface area contributed by atoms with Crippen molar-refractivity contribution in [2.45, 2.75) is 0 Å². The first-order valence-electron chi connectivity index (χ1n) is 2.09. The first-order valence-corrected chi connectivity index (χ1v) is 2.09. The van der Waals surface area contributed by atoms with E-state index in [-0.39, 0.29) is 0 Å². The van der Waals surface area contributed by atoms with E-state index in [2.05, 4.69) is 4.84 Å². The third-order valence-electron chi connectivity index (χ3n) is 0.739. The SMILES string of the molecule is CON(C)C(=O)CF. The van der Waals surface area contributed by atoms with Gasteiger partial charge in [0.05, 0.1) is 7.11 Å². The summed E-state index contributed by atoms with van der Waals surface area (Å²) < 4.78 is 11.4. The Hall–Kier alpha value is -0.640. The summed E-state index contributed by atoms with van der Waals surface area (Å²) in [6.45, 7) is -1.01. The van der Waals surface area contributed by atoms with Gasteiger partial charge in [-0.2, -0.15) is 0 Å². The van der Waals surface area contributed by atoms with Crippen LogP contribution in [-0.2, 0) is 9.63 Å². The number of halogens is 1. The van der Waals surface area contributed by atoms with Gasteiger partial charge in [0.1, 0.15) is 0 Å². The van der Waals surface area contributed by atoms with E-state index in [0.717, 1.165) is 5.06 Å². The van der Waals surface area contributed by atoms with Crippen LogP contribution in [0.15, 0.2) is 0 Å². The Kier molecular flexibility index (Phi) is 3.10. The van der Waals surface area contributed by atoms with Crippen molar-refractivity contribution in [1.29, 1.82) is 0 Å². The van der Waals surface area contributed by atoms with Crippen molar-refractivity contribution >= 4 is 5.91 Å². The predicted molar refractivity (Wildman–Crippen MR) is 25.8 cm³/mol. The average molecular weight is 121 g/mol. The molecule has 0 fully saturated rings. The minimum Gasteiger partial charge on any atom is -0.274 e. The van der Waals surface area contributed by atoms with Crippen molar-refractivity contribution in [3.05, 3.63) is 0 Å². The summed E-state index contributed by atoms with van der Waals surface area (Å²) >= 11 is 0. The molecule has 0 aliphatic rings. The molecule has 0 N–H and O–H groups in total. The van der Waals surface area contributed by atoms with Gasteiger partial charge < -0.3 is 0 Å². The molecular weight excluding hydrogens is 113 g/mol. The summed E-state index contributed by atoms with van der Waals surface area (Å²) in [5.74, 6) is -0.674. The highest BCUT2D eigenvalue weighted by molar-refractivity contribution is 5.75. The van der Waals surface area contributed by atoms with Crippen LogP contribution in [0.1, 0.15) is 0 Å². The molecule has 0 saturated heterocycles. The van der Waals surface area contributed by atoms with Crippen LogP contribution in [0.2, 0.25) is 0 Å². The second kappa shape index (κ2) is 3.37. The number of amides is 1. The molecule has 0 unspecified atom stereocenters. The topological polar surface area (TPSA) is 29.5 Å². The summed E-state index contributed by atoms with van der Waals surface area (Å²) in [6, 6.07) is 0. The Labute approximate surface area is 47.0 Å². The molecule has 0 rings (SSSR count). The van der Waals surface area contributed by atoms with Crippen LogP contribution in [0.3, 0.4) is 0 Å². The van der Waals surface area contributed by atoms with Crippen LogP contribution >= 0.6 is 0 Å². The number of hydrogen-bond acceptors (Lipinski definition) is 2. The fraction of sp³-hybridized carbons (Fsp3) is 0.750. The fourth-order valence-corrected chi connectivity index (χ4v) is 0.186. The van der Waals surface area contributed by atoms with Crippen LogP contribution in [0.4, 0.5) is 4.39 Å². The highest BCUT2D eigenvalue weighted by Crippen LogP contribution is 1.82. The van der Waals surface area contributed by atoms with E-state index in [0.29, 0.717) is 0 Å². The molecule has 0 aliphatic carbocycles. The zero-order valence-electron chi connectivity index (χ0n) is 4.85. The summed E-state index contributed by atoms with van der Waals surface area (Å²) in [4.78, 5) is 14.5. The standard InChI is InChI=1S/C4H8FNO2/c1-6(8-2)4(7)3-5/h3H2,1-2H3. The first kappa shape index (κ1) is 7.36. The third-order valence-corrected chi connectivity index (χ3v) is 0.739. The second-order valence-corrected chi connectivity index (χ2v) is 1.21. The number of hydrogen-bond donors (Lipinski definition) is 0. The van der Waals surface area contributed by atoms with E-state index in [1.807, 2.05) is 0 Å². The number of alkyl halides is 1. The molecule has 0 heterocycles. The lowest BCUT2D eigenvalue weighted by atomic mass is 10.7. The Morgan fingerprint density at radius 2 is 2.38 bits per heavy atom. The molecule has 3 nitrogen and oxygen atoms in total. The quantitative estimate of drug-likeness (QED) is 0.480. The highest BCUT2D eigenvalue weighted by atomic mass is 19.1. The molecule has 0 saturated carbocycles. The molecular formula is C4H8FNO2. The molecule has 0 aromatic heterocycles. The Morgan fingerprint density at radius 1 is 1.88 bits per heavy atom. The van der Waals surface area contributed by atoms with Gasteiger partial charge in [-0.1, -0.05) is 0 Å². The molecule has 48 valence electrons. The fourth-order valence-electron chi connectivity index (χ4n) is 0.186. The Bertz CT molecular complexity index is 86.1. The van der Waals surface area contributed by atoms with Crippen LogP contribution < -0.4 is 0 Å². The smallest absolute Gasteiger partial charge is 0.274 e. The van der Waals surface area contributed by atoms with Gasteiger partial charge >= 0.3 is 0 Å². The van der Waals surface area contributed by atoms with Gasteiger partial charge in [0.2, 0.25) is 0 Å². The summed E-state index contributed by atoms with van der Waals surface area (Å²) in [7, 11) is 2.65. The molecule has 0 atom stereocenters. The molecule has 8 heavy (non-hydrogen) atoms. The Balaban J connectivity index is 3.46. The molecule has 1 amide bonds. The molecule has 0 bridgehead atoms. The highest BCUT2D eigenvalue weighted by Gasteiger charge is 2.04. The minimum atomic E-state index is -1.01. The average Bonchev–Trinajstić information content (AvgIpc) is 1.84. The van der Waals surface area contributed by atoms with Gasteiger partial charge in [0.25, 0.3) is 5.91 Å². The maximum Gasteiger partial charge on any atom is 0.277 e. The van der Waals surface area contributed by atoms with E-state index >= 15 is 0 Å². The van der Waals surface area contributed by atoms with Crippen LogP contribution in [-0.4, -0.2) is 31.8 Å². The van der Waals surface area contributed by atoms with Crippen molar-refractivity contribution in [2.75, 3.05) is 20.8 Å². The number of hydroxylamine groups is 2.